The monoisotopic (exact) mass is 252 g/mol. The van der Waals surface area contributed by atoms with Crippen LogP contribution in [0.25, 0.3) is 0 Å². The van der Waals surface area contributed by atoms with Crippen LogP contribution in [0, 0.1) is 6.92 Å². The van der Waals surface area contributed by atoms with E-state index >= 15 is 0 Å². The molecule has 1 aromatic rings. The molecule has 0 heterocycles. The highest BCUT2D eigenvalue weighted by molar-refractivity contribution is 5.72. The van der Waals surface area contributed by atoms with Gasteiger partial charge in [0.1, 0.15) is 5.75 Å². The quantitative estimate of drug-likeness (QED) is 0.324. The zero-order valence-corrected chi connectivity index (χ0v) is 11.1. The Balaban J connectivity index is 2.19. The second-order valence-electron chi connectivity index (χ2n) is 4.06. The summed E-state index contributed by atoms with van der Waals surface area (Å²) in [4.78, 5) is 11.5. The maximum Gasteiger partial charge on any atom is 0.311 e. The number of carbonyl (C=O) groups is 1. The van der Waals surface area contributed by atoms with E-state index in [2.05, 4.69) is 0 Å². The van der Waals surface area contributed by atoms with E-state index in [9.17, 15) is 4.79 Å². The topological polar surface area (TPSA) is 44.8 Å². The van der Waals surface area contributed by atoms with Gasteiger partial charge >= 0.3 is 5.97 Å². The molecule has 4 heteroatoms. The van der Waals surface area contributed by atoms with Crippen molar-refractivity contribution in [2.24, 2.45) is 0 Å². The van der Waals surface area contributed by atoms with Gasteiger partial charge in [0, 0.05) is 13.5 Å². The minimum Gasteiger partial charge on any atom is -0.427 e. The molecular weight excluding hydrogens is 232 g/mol. The van der Waals surface area contributed by atoms with Gasteiger partial charge in [0.2, 0.25) is 0 Å². The first-order chi connectivity index (χ1) is 8.61. The molecular formula is C14H20O4. The molecule has 18 heavy (non-hydrogen) atoms. The smallest absolute Gasteiger partial charge is 0.311 e. The fourth-order valence-corrected chi connectivity index (χ4v) is 1.32. The summed E-state index contributed by atoms with van der Waals surface area (Å²) in [5.74, 6) is 0.337. The van der Waals surface area contributed by atoms with Crippen LogP contribution in [0.4, 0.5) is 0 Å². The molecule has 1 rings (SSSR count). The zero-order chi connectivity index (χ0) is 13.4. The van der Waals surface area contributed by atoms with Crippen molar-refractivity contribution in [2.45, 2.75) is 33.0 Å². The molecule has 1 atom stereocenters. The van der Waals surface area contributed by atoms with E-state index in [1.807, 2.05) is 26.0 Å². The van der Waals surface area contributed by atoms with Crippen molar-refractivity contribution in [3.63, 3.8) is 0 Å². The summed E-state index contributed by atoms with van der Waals surface area (Å²) in [7, 11) is 1.58. The van der Waals surface area contributed by atoms with Crippen LogP contribution in [0.1, 0.15) is 25.3 Å². The average molecular weight is 252 g/mol. The third-order valence-electron chi connectivity index (χ3n) is 2.46. The number of aryl methyl sites for hydroxylation is 1. The Bertz CT molecular complexity index is 359. The molecule has 0 aliphatic carbocycles. The predicted molar refractivity (Wildman–Crippen MR) is 68.5 cm³/mol. The molecule has 4 nitrogen and oxygen atoms in total. The van der Waals surface area contributed by atoms with Crippen LogP contribution in [-0.2, 0) is 14.3 Å². The maximum atomic E-state index is 11.5. The average Bonchev–Trinajstić information content (AvgIpc) is 2.37. The summed E-state index contributed by atoms with van der Waals surface area (Å²) in [6.45, 7) is 4.28. The normalized spacial score (nSPS) is 12.2. The fourth-order valence-electron chi connectivity index (χ4n) is 1.32. The summed E-state index contributed by atoms with van der Waals surface area (Å²) in [5, 5.41) is 0. The summed E-state index contributed by atoms with van der Waals surface area (Å²) in [5.41, 5.74) is 1.14. The summed E-state index contributed by atoms with van der Waals surface area (Å²) < 4.78 is 15.4. The number of ether oxygens (including phenoxy) is 3. The molecule has 0 bridgehead atoms. The van der Waals surface area contributed by atoms with Gasteiger partial charge in [-0.3, -0.25) is 4.79 Å². The van der Waals surface area contributed by atoms with E-state index in [4.69, 9.17) is 14.2 Å². The Hall–Kier alpha value is -1.39. The van der Waals surface area contributed by atoms with Gasteiger partial charge in [-0.25, -0.2) is 0 Å². The summed E-state index contributed by atoms with van der Waals surface area (Å²) in [6, 6.07) is 7.39. The van der Waals surface area contributed by atoms with Crippen LogP contribution >= 0.6 is 0 Å². The van der Waals surface area contributed by atoms with Crippen molar-refractivity contribution in [3.05, 3.63) is 29.8 Å². The van der Waals surface area contributed by atoms with Crippen LogP contribution in [0.2, 0.25) is 0 Å². The molecule has 0 aromatic heterocycles. The van der Waals surface area contributed by atoms with Gasteiger partial charge in [0.15, 0.2) is 6.29 Å². The van der Waals surface area contributed by atoms with Crippen molar-refractivity contribution in [3.8, 4) is 5.75 Å². The third kappa shape index (κ3) is 5.80. The van der Waals surface area contributed by atoms with Crippen LogP contribution in [0.15, 0.2) is 24.3 Å². The number of benzene rings is 1. The van der Waals surface area contributed by atoms with Gasteiger partial charge in [0.25, 0.3) is 0 Å². The van der Waals surface area contributed by atoms with E-state index < -0.39 is 0 Å². The fraction of sp³-hybridized carbons (Fsp3) is 0.500. The molecule has 0 radical (unpaired) electrons. The van der Waals surface area contributed by atoms with Crippen LogP contribution in [0.3, 0.4) is 0 Å². The molecule has 0 fully saturated rings. The molecule has 0 aliphatic rings. The van der Waals surface area contributed by atoms with E-state index in [1.165, 1.54) is 0 Å². The highest BCUT2D eigenvalue weighted by atomic mass is 16.7. The SMILES string of the molecule is COC(C)OCCCC(=O)Oc1ccc(C)cc1. The number of hydrogen-bond donors (Lipinski definition) is 0. The van der Waals surface area contributed by atoms with Crippen molar-refractivity contribution >= 4 is 5.97 Å². The Kier molecular flexibility index (Phi) is 6.39. The van der Waals surface area contributed by atoms with E-state index in [1.54, 1.807) is 19.2 Å². The Morgan fingerprint density at radius 3 is 2.56 bits per heavy atom. The van der Waals surface area contributed by atoms with Gasteiger partial charge in [-0.15, -0.1) is 0 Å². The molecule has 0 spiro atoms. The van der Waals surface area contributed by atoms with Crippen LogP contribution in [-0.4, -0.2) is 26.0 Å². The van der Waals surface area contributed by atoms with Crippen LogP contribution < -0.4 is 4.74 Å². The molecule has 1 unspecified atom stereocenters. The largest absolute Gasteiger partial charge is 0.427 e. The van der Waals surface area contributed by atoms with Gasteiger partial charge in [-0.05, 0) is 32.4 Å². The predicted octanol–water partition coefficient (Wildman–Crippen LogP) is 2.69. The zero-order valence-electron chi connectivity index (χ0n) is 11.1. The minimum absolute atomic E-state index is 0.238. The van der Waals surface area contributed by atoms with E-state index in [0.29, 0.717) is 25.2 Å². The first kappa shape index (κ1) is 14.7. The third-order valence-corrected chi connectivity index (χ3v) is 2.46. The standard InChI is InChI=1S/C14H20O4/c1-11-6-8-13(9-7-11)18-14(15)5-4-10-17-12(2)16-3/h6-9,12H,4-5,10H2,1-3H3. The minimum atomic E-state index is -0.243. The van der Waals surface area contributed by atoms with Gasteiger partial charge < -0.3 is 14.2 Å². The van der Waals surface area contributed by atoms with Gasteiger partial charge in [0.05, 0.1) is 6.61 Å². The van der Waals surface area contributed by atoms with E-state index in [0.717, 1.165) is 5.56 Å². The van der Waals surface area contributed by atoms with Crippen molar-refractivity contribution in [1.82, 2.24) is 0 Å². The first-order valence-electron chi connectivity index (χ1n) is 6.03. The number of hydrogen-bond acceptors (Lipinski definition) is 4. The second kappa shape index (κ2) is 7.84. The van der Waals surface area contributed by atoms with Crippen molar-refractivity contribution < 1.29 is 19.0 Å². The molecule has 0 saturated carbocycles. The number of methoxy groups -OCH3 is 1. The first-order valence-corrected chi connectivity index (χ1v) is 6.03. The van der Waals surface area contributed by atoms with Crippen LogP contribution in [0.5, 0.6) is 5.75 Å². The summed E-state index contributed by atoms with van der Waals surface area (Å²) in [6.07, 6.45) is 0.723. The molecule has 1 aromatic carbocycles. The number of rotatable bonds is 7. The maximum absolute atomic E-state index is 11.5. The molecule has 0 N–H and O–H groups in total. The van der Waals surface area contributed by atoms with Gasteiger partial charge in [-0.1, -0.05) is 17.7 Å². The van der Waals surface area contributed by atoms with E-state index in [-0.39, 0.29) is 12.3 Å². The highest BCUT2D eigenvalue weighted by Crippen LogP contribution is 2.12. The lowest BCUT2D eigenvalue weighted by Crippen LogP contribution is -2.13. The summed E-state index contributed by atoms with van der Waals surface area (Å²) >= 11 is 0. The molecule has 100 valence electrons. The lowest BCUT2D eigenvalue weighted by atomic mass is 10.2. The highest BCUT2D eigenvalue weighted by Gasteiger charge is 2.05. The van der Waals surface area contributed by atoms with Crippen molar-refractivity contribution in [1.29, 1.82) is 0 Å². The van der Waals surface area contributed by atoms with Crippen molar-refractivity contribution in [2.75, 3.05) is 13.7 Å². The lowest BCUT2D eigenvalue weighted by molar-refractivity contribution is -0.136. The lowest BCUT2D eigenvalue weighted by Gasteiger charge is -2.10. The Labute approximate surface area is 108 Å². The molecule has 0 aliphatic heterocycles. The molecule has 0 amide bonds. The molecule has 0 saturated heterocycles. The number of esters is 1. The second-order valence-corrected chi connectivity index (χ2v) is 4.06. The Morgan fingerprint density at radius 2 is 1.94 bits per heavy atom. The number of carbonyl (C=O) groups excluding carboxylic acids is 1. The Morgan fingerprint density at radius 1 is 1.28 bits per heavy atom. The van der Waals surface area contributed by atoms with Gasteiger partial charge in [-0.2, -0.15) is 0 Å².